The van der Waals surface area contributed by atoms with Crippen molar-refractivity contribution < 1.29 is 4.74 Å². The Bertz CT molecular complexity index is 4600. The molecular formula is C66H38N6O. The van der Waals surface area contributed by atoms with Crippen LogP contribution in [-0.2, 0) is 5.41 Å². The van der Waals surface area contributed by atoms with Crippen LogP contribution in [0.1, 0.15) is 22.3 Å². The molecule has 1 spiro atoms. The van der Waals surface area contributed by atoms with Crippen LogP contribution in [0.5, 0.6) is 11.5 Å². The lowest BCUT2D eigenvalue weighted by Gasteiger charge is -2.39. The Labute approximate surface area is 418 Å². The zero-order chi connectivity index (χ0) is 47.9. The molecule has 0 radical (unpaired) electrons. The quantitative estimate of drug-likeness (QED) is 0.165. The van der Waals surface area contributed by atoms with Gasteiger partial charge in [0.05, 0.1) is 79.7 Å². The molecule has 338 valence electrons. The molecule has 0 saturated heterocycles. The summed E-state index contributed by atoms with van der Waals surface area (Å²) < 4.78 is 13.9. The minimum atomic E-state index is -0.817. The van der Waals surface area contributed by atoms with E-state index >= 15 is 0 Å². The molecule has 0 amide bonds. The van der Waals surface area contributed by atoms with Crippen LogP contribution in [0.4, 0.5) is 5.69 Å². The molecule has 0 unspecified atom stereocenters. The van der Waals surface area contributed by atoms with Crippen molar-refractivity contribution in [1.29, 1.82) is 0 Å². The van der Waals surface area contributed by atoms with Gasteiger partial charge in [-0.25, -0.2) is 4.85 Å². The molecule has 1 aliphatic carbocycles. The van der Waals surface area contributed by atoms with Gasteiger partial charge in [0.15, 0.2) is 5.69 Å². The molecule has 0 atom stereocenters. The number of hydrogen-bond acceptors (Lipinski definition) is 3. The summed E-state index contributed by atoms with van der Waals surface area (Å²) in [6.45, 7) is 8.10. The normalized spacial score (nSPS) is 13.1. The molecule has 16 rings (SSSR count). The molecule has 0 fully saturated rings. The van der Waals surface area contributed by atoms with E-state index in [1.807, 2.05) is 36.7 Å². The van der Waals surface area contributed by atoms with E-state index in [1.165, 1.54) is 21.5 Å². The number of ether oxygens (including phenoxy) is 1. The molecule has 0 bridgehead atoms. The number of pyridine rings is 2. The molecule has 0 N–H and O–H groups in total. The third-order valence-electron chi connectivity index (χ3n) is 15.6. The van der Waals surface area contributed by atoms with Gasteiger partial charge in [-0.15, -0.1) is 0 Å². The van der Waals surface area contributed by atoms with E-state index in [0.717, 1.165) is 117 Å². The first-order valence-electron chi connectivity index (χ1n) is 24.6. The molecule has 73 heavy (non-hydrogen) atoms. The van der Waals surface area contributed by atoms with Gasteiger partial charge in [-0.2, -0.15) is 0 Å². The predicted molar refractivity (Wildman–Crippen MR) is 294 cm³/mol. The van der Waals surface area contributed by atoms with Crippen LogP contribution in [0.15, 0.2) is 231 Å². The average molecular weight is 931 g/mol. The SMILES string of the molecule is [C-]#[N+]c1ccc2c(c1)c1cc(-c3cnc4c(c3)C3(c5ccccc5Oc5ccccc53)c3cc(-n5c6ccccc6c6ccccc65)cnc3-4)ccc1n2-c1ccccc1-n1c2ccccc2c2ccccc21. The number of rotatable bonds is 4. The van der Waals surface area contributed by atoms with E-state index in [-0.39, 0.29) is 0 Å². The molecule has 7 heteroatoms. The highest BCUT2D eigenvalue weighted by Gasteiger charge is 2.53. The van der Waals surface area contributed by atoms with Crippen molar-refractivity contribution in [3.8, 4) is 51.1 Å². The maximum absolute atomic E-state index is 8.10. The van der Waals surface area contributed by atoms with Gasteiger partial charge in [-0.3, -0.25) is 9.97 Å². The standard InChI is InChI=1S/C66H38N6O/c1-67-42-31-33-59-49(36-42)48-34-40(30-32-58(48)72(59)61-27-13-12-26-60(61)71-56-24-10-4-18-46(56)47-19-5-11-25-57(47)71)41-35-52-64(68-38-41)65-53(66(52)50-20-6-14-28-62(50)73-63-29-15-7-21-51(63)66)37-43(39-69-65)70-54-22-8-2-16-44(54)45-17-3-9-23-55(45)70/h2-39H. The van der Waals surface area contributed by atoms with Gasteiger partial charge in [0.1, 0.15) is 11.5 Å². The minimum Gasteiger partial charge on any atom is -0.457 e. The summed E-state index contributed by atoms with van der Waals surface area (Å²) in [4.78, 5) is 14.7. The topological polar surface area (TPSA) is 54.2 Å². The van der Waals surface area contributed by atoms with Crippen LogP contribution in [0.3, 0.4) is 0 Å². The molecular weight excluding hydrogens is 893 g/mol. The van der Waals surface area contributed by atoms with Crippen LogP contribution >= 0.6 is 0 Å². The monoisotopic (exact) mass is 930 g/mol. The number of benzene rings is 9. The lowest BCUT2D eigenvalue weighted by molar-refractivity contribution is 0.436. The van der Waals surface area contributed by atoms with Gasteiger partial charge in [-0.05, 0) is 95.9 Å². The second-order valence-corrected chi connectivity index (χ2v) is 19.2. The number of fused-ring (bicyclic) bond motifs is 18. The van der Waals surface area contributed by atoms with Crippen molar-refractivity contribution in [2.24, 2.45) is 0 Å². The Balaban J connectivity index is 0.928. The lowest BCUT2D eigenvalue weighted by atomic mass is 9.66. The largest absolute Gasteiger partial charge is 0.457 e. The molecule has 7 nitrogen and oxygen atoms in total. The van der Waals surface area contributed by atoms with Crippen molar-refractivity contribution in [3.63, 3.8) is 0 Å². The molecule has 1 aliphatic heterocycles. The fourth-order valence-corrected chi connectivity index (χ4v) is 12.6. The zero-order valence-corrected chi connectivity index (χ0v) is 39.0. The number of nitrogens with zero attached hydrogens (tertiary/aromatic N) is 6. The average Bonchev–Trinajstić information content (AvgIpc) is 4.16. The van der Waals surface area contributed by atoms with Crippen LogP contribution in [0, 0.1) is 6.57 Å². The Kier molecular flexibility index (Phi) is 8.04. The van der Waals surface area contributed by atoms with Crippen molar-refractivity contribution in [2.45, 2.75) is 5.41 Å². The minimum absolute atomic E-state index is 0.594. The lowest BCUT2D eigenvalue weighted by Crippen LogP contribution is -2.32. The van der Waals surface area contributed by atoms with Gasteiger partial charge in [0, 0.05) is 60.9 Å². The van der Waals surface area contributed by atoms with Gasteiger partial charge in [0.2, 0.25) is 0 Å². The van der Waals surface area contributed by atoms with Crippen LogP contribution in [-0.4, -0.2) is 23.7 Å². The first-order valence-corrected chi connectivity index (χ1v) is 24.6. The van der Waals surface area contributed by atoms with E-state index < -0.39 is 5.41 Å². The summed E-state index contributed by atoms with van der Waals surface area (Å²) in [7, 11) is 0. The van der Waals surface area contributed by atoms with Crippen LogP contribution in [0.2, 0.25) is 0 Å². The highest BCUT2D eigenvalue weighted by Crippen LogP contribution is 2.62. The Morgan fingerprint density at radius 3 is 1.40 bits per heavy atom. The van der Waals surface area contributed by atoms with Gasteiger partial charge >= 0.3 is 0 Å². The van der Waals surface area contributed by atoms with E-state index in [2.05, 4.69) is 213 Å². The smallest absolute Gasteiger partial charge is 0.188 e. The summed E-state index contributed by atoms with van der Waals surface area (Å²) in [6, 6.07) is 77.5. The molecule has 0 saturated carbocycles. The van der Waals surface area contributed by atoms with Gasteiger partial charge in [0.25, 0.3) is 0 Å². The molecule has 2 aliphatic rings. The second kappa shape index (κ2) is 14.8. The molecule has 14 aromatic rings. The van der Waals surface area contributed by atoms with E-state index in [4.69, 9.17) is 21.3 Å². The van der Waals surface area contributed by atoms with Crippen molar-refractivity contribution in [3.05, 3.63) is 264 Å². The highest BCUT2D eigenvalue weighted by atomic mass is 16.5. The summed E-state index contributed by atoms with van der Waals surface area (Å²) in [6.07, 6.45) is 4.01. The zero-order valence-electron chi connectivity index (χ0n) is 39.0. The first kappa shape index (κ1) is 39.8. The van der Waals surface area contributed by atoms with E-state index in [9.17, 15) is 0 Å². The summed E-state index contributed by atoms with van der Waals surface area (Å²) >= 11 is 0. The fraction of sp³-hybridized carbons (Fsp3) is 0.0152. The van der Waals surface area contributed by atoms with E-state index in [0.29, 0.717) is 5.69 Å². The predicted octanol–water partition coefficient (Wildman–Crippen LogP) is 16.5. The van der Waals surface area contributed by atoms with Crippen molar-refractivity contribution in [1.82, 2.24) is 23.7 Å². The maximum Gasteiger partial charge on any atom is 0.188 e. The fourth-order valence-electron chi connectivity index (χ4n) is 12.6. The van der Waals surface area contributed by atoms with Gasteiger partial charge in [-0.1, -0.05) is 133 Å². The molecule has 5 aromatic heterocycles. The second-order valence-electron chi connectivity index (χ2n) is 19.2. The number of aromatic nitrogens is 5. The number of para-hydroxylation sites is 8. The van der Waals surface area contributed by atoms with Crippen molar-refractivity contribution >= 4 is 71.1 Å². The summed E-state index contributed by atoms with van der Waals surface area (Å²) in [5, 5.41) is 6.87. The van der Waals surface area contributed by atoms with Gasteiger partial charge < -0.3 is 18.4 Å². The van der Waals surface area contributed by atoms with E-state index in [1.54, 1.807) is 0 Å². The number of hydrogen-bond donors (Lipinski definition) is 0. The van der Waals surface area contributed by atoms with Crippen LogP contribution in [0.25, 0.3) is 110 Å². The summed E-state index contributed by atoms with van der Waals surface area (Å²) in [5.74, 6) is 1.61. The molecule has 6 heterocycles. The summed E-state index contributed by atoms with van der Waals surface area (Å²) in [5.41, 5.74) is 17.4. The highest BCUT2D eigenvalue weighted by molar-refractivity contribution is 6.13. The Morgan fingerprint density at radius 2 is 0.822 bits per heavy atom. The third-order valence-corrected chi connectivity index (χ3v) is 15.6. The van der Waals surface area contributed by atoms with Crippen molar-refractivity contribution in [2.75, 3.05) is 0 Å². The molecule has 9 aromatic carbocycles. The third kappa shape index (κ3) is 5.30. The Morgan fingerprint density at radius 1 is 0.370 bits per heavy atom. The van der Waals surface area contributed by atoms with Crippen LogP contribution < -0.4 is 4.74 Å². The first-order chi connectivity index (χ1) is 36.2. The Hall–Kier alpha value is -10.0. The maximum atomic E-state index is 8.10.